The van der Waals surface area contributed by atoms with Gasteiger partial charge in [0.05, 0.1) is 17.6 Å². The van der Waals surface area contributed by atoms with Gasteiger partial charge in [-0.2, -0.15) is 9.61 Å². The molecule has 2 aromatic carbocycles. The predicted octanol–water partition coefficient (Wildman–Crippen LogP) is 7.02. The maximum absolute atomic E-state index is 6.58. The summed E-state index contributed by atoms with van der Waals surface area (Å²) >= 11 is 0. The van der Waals surface area contributed by atoms with Crippen LogP contribution in [0.1, 0.15) is 25.5 Å². The number of hydrogen-bond donors (Lipinski definition) is 1. The van der Waals surface area contributed by atoms with E-state index in [0.29, 0.717) is 11.5 Å². The van der Waals surface area contributed by atoms with Crippen LogP contribution in [0.4, 0.5) is 5.82 Å². The van der Waals surface area contributed by atoms with Crippen molar-refractivity contribution in [3.63, 3.8) is 0 Å². The second kappa shape index (κ2) is 9.16. The molecule has 0 fully saturated rings. The number of fused-ring (bicyclic) bond motifs is 1. The van der Waals surface area contributed by atoms with Crippen LogP contribution in [0.3, 0.4) is 0 Å². The number of nitrogens with two attached hydrogens (primary N) is 1. The third kappa shape index (κ3) is 3.88. The molecule has 5 nitrogen and oxygen atoms in total. The quantitative estimate of drug-likeness (QED) is 0.316. The molecule has 0 saturated heterocycles. The molecule has 5 heteroatoms. The first kappa shape index (κ1) is 22.7. The van der Waals surface area contributed by atoms with Crippen LogP contribution in [-0.4, -0.2) is 19.6 Å². The van der Waals surface area contributed by atoms with Crippen molar-refractivity contribution in [1.82, 2.24) is 19.6 Å². The summed E-state index contributed by atoms with van der Waals surface area (Å²) in [4.78, 5) is 9.68. The van der Waals surface area contributed by atoms with Gasteiger partial charge in [-0.1, -0.05) is 81.3 Å². The number of benzene rings is 2. The van der Waals surface area contributed by atoms with Crippen LogP contribution in [0.5, 0.6) is 0 Å². The Morgan fingerprint density at radius 1 is 0.941 bits per heavy atom. The molecular formula is C29H27N5. The van der Waals surface area contributed by atoms with E-state index < -0.39 is 0 Å². The zero-order valence-electron chi connectivity index (χ0n) is 18.4. The lowest BCUT2D eigenvalue weighted by Crippen LogP contribution is -2.07. The molecule has 0 atom stereocenters. The lowest BCUT2D eigenvalue weighted by atomic mass is 9.99. The molecule has 0 bridgehead atoms. The van der Waals surface area contributed by atoms with Crippen molar-refractivity contribution in [2.75, 3.05) is 5.73 Å². The molecule has 2 N–H and O–H groups in total. The van der Waals surface area contributed by atoms with E-state index in [1.54, 1.807) is 10.7 Å². The minimum absolute atomic E-state index is 0. The van der Waals surface area contributed by atoms with E-state index in [2.05, 4.69) is 23.2 Å². The summed E-state index contributed by atoms with van der Waals surface area (Å²) in [6.07, 6.45) is 5.45. The van der Waals surface area contributed by atoms with Crippen molar-refractivity contribution < 1.29 is 0 Å². The van der Waals surface area contributed by atoms with Gasteiger partial charge in [-0.15, -0.1) is 0 Å². The first-order valence-electron chi connectivity index (χ1n) is 10.6. The van der Waals surface area contributed by atoms with E-state index in [1.807, 2.05) is 85.9 Å². The van der Waals surface area contributed by atoms with E-state index in [9.17, 15) is 0 Å². The van der Waals surface area contributed by atoms with Crippen molar-refractivity contribution in [3.05, 3.63) is 103 Å². The average Bonchev–Trinajstić information content (AvgIpc) is 3.29. The van der Waals surface area contributed by atoms with Crippen LogP contribution in [-0.2, 0) is 0 Å². The maximum Gasteiger partial charge on any atom is 0.165 e. The summed E-state index contributed by atoms with van der Waals surface area (Å²) in [6, 6.07) is 22.2. The van der Waals surface area contributed by atoms with Crippen LogP contribution < -0.4 is 5.73 Å². The lowest BCUT2D eigenvalue weighted by molar-refractivity contribution is 0.950. The average molecular weight is 446 g/mol. The molecule has 0 saturated carbocycles. The van der Waals surface area contributed by atoms with Crippen molar-refractivity contribution in [2.45, 2.75) is 14.4 Å². The first-order chi connectivity index (χ1) is 16.1. The molecule has 0 unspecified atom stereocenters. The Balaban J connectivity index is 0.00000274. The summed E-state index contributed by atoms with van der Waals surface area (Å²) < 4.78 is 1.67. The van der Waals surface area contributed by atoms with E-state index in [0.717, 1.165) is 50.3 Å². The highest BCUT2D eigenvalue weighted by molar-refractivity contribution is 5.88. The number of hydrogen-bond acceptors (Lipinski definition) is 4. The number of allylic oxidation sites excluding steroid dienone is 1. The Labute approximate surface area is 200 Å². The molecule has 0 amide bonds. The number of nitrogens with zero attached hydrogens (tertiary/aromatic N) is 4. The van der Waals surface area contributed by atoms with Gasteiger partial charge in [0.15, 0.2) is 5.65 Å². The highest BCUT2D eigenvalue weighted by Gasteiger charge is 2.19. The number of pyridine rings is 1. The van der Waals surface area contributed by atoms with Gasteiger partial charge in [0.1, 0.15) is 5.82 Å². The van der Waals surface area contributed by atoms with E-state index in [1.165, 1.54) is 0 Å². The SMILES string of the molecule is C.C=Cc1cccc(-c2nc3c(-c4ccc(-c5ccccc5)nc4)cnn3c(N)c2C(=C)C)c1. The fourth-order valence-corrected chi connectivity index (χ4v) is 3.99. The number of rotatable bonds is 5. The molecule has 0 radical (unpaired) electrons. The largest absolute Gasteiger partial charge is 0.383 e. The third-order valence-corrected chi connectivity index (χ3v) is 5.65. The lowest BCUT2D eigenvalue weighted by Gasteiger charge is -2.14. The second-order valence-electron chi connectivity index (χ2n) is 7.92. The van der Waals surface area contributed by atoms with E-state index in [-0.39, 0.29) is 7.43 Å². The Kier molecular flexibility index (Phi) is 6.11. The van der Waals surface area contributed by atoms with Crippen molar-refractivity contribution in [1.29, 1.82) is 0 Å². The van der Waals surface area contributed by atoms with Crippen LogP contribution in [0.2, 0.25) is 0 Å². The topological polar surface area (TPSA) is 69.1 Å². The number of anilines is 1. The van der Waals surface area contributed by atoms with Crippen molar-refractivity contribution >= 4 is 23.1 Å². The standard InChI is InChI=1S/C28H23N5.CH4/c1-4-19-9-8-12-21(15-19)26-25(18(2)3)27(29)33-28(32-26)23(17-31-33)22-13-14-24(30-16-22)20-10-6-5-7-11-20;/h4-17H,1-2,29H2,3H3;1H4. The Morgan fingerprint density at radius 3 is 2.38 bits per heavy atom. The molecule has 0 aliphatic carbocycles. The minimum atomic E-state index is 0. The Morgan fingerprint density at radius 2 is 1.71 bits per heavy atom. The highest BCUT2D eigenvalue weighted by Crippen LogP contribution is 2.35. The van der Waals surface area contributed by atoms with Gasteiger partial charge < -0.3 is 5.73 Å². The summed E-state index contributed by atoms with van der Waals surface area (Å²) in [7, 11) is 0. The second-order valence-corrected chi connectivity index (χ2v) is 7.92. The van der Waals surface area contributed by atoms with E-state index >= 15 is 0 Å². The monoisotopic (exact) mass is 445 g/mol. The molecule has 0 spiro atoms. The summed E-state index contributed by atoms with van der Waals surface area (Å²) in [6.45, 7) is 9.94. The van der Waals surface area contributed by atoms with Crippen molar-refractivity contribution in [2.24, 2.45) is 0 Å². The maximum atomic E-state index is 6.58. The zero-order chi connectivity index (χ0) is 22.9. The molecule has 0 aliphatic heterocycles. The van der Waals surface area contributed by atoms with Crippen LogP contribution in [0.25, 0.3) is 50.9 Å². The predicted molar refractivity (Wildman–Crippen MR) is 143 cm³/mol. The van der Waals surface area contributed by atoms with Crippen LogP contribution >= 0.6 is 0 Å². The molecule has 34 heavy (non-hydrogen) atoms. The van der Waals surface area contributed by atoms with Gasteiger partial charge >= 0.3 is 0 Å². The Hall–Kier alpha value is -4.51. The fourth-order valence-electron chi connectivity index (χ4n) is 3.99. The highest BCUT2D eigenvalue weighted by atomic mass is 15.3. The molecule has 5 aromatic rings. The molecule has 5 rings (SSSR count). The summed E-state index contributed by atoms with van der Waals surface area (Å²) in [5.74, 6) is 0.506. The third-order valence-electron chi connectivity index (χ3n) is 5.65. The summed E-state index contributed by atoms with van der Waals surface area (Å²) in [5, 5.41) is 4.53. The minimum Gasteiger partial charge on any atom is -0.383 e. The summed E-state index contributed by atoms with van der Waals surface area (Å²) in [5.41, 5.74) is 15.4. The van der Waals surface area contributed by atoms with Crippen LogP contribution in [0.15, 0.2) is 92.3 Å². The van der Waals surface area contributed by atoms with Gasteiger partial charge in [-0.3, -0.25) is 4.98 Å². The molecule has 168 valence electrons. The molecule has 0 aliphatic rings. The molecular weight excluding hydrogens is 418 g/mol. The van der Waals surface area contributed by atoms with Crippen molar-refractivity contribution in [3.8, 4) is 33.6 Å². The van der Waals surface area contributed by atoms with Gasteiger partial charge in [0, 0.05) is 34.0 Å². The molecule has 3 heterocycles. The van der Waals surface area contributed by atoms with E-state index in [4.69, 9.17) is 10.7 Å². The fraction of sp³-hybridized carbons (Fsp3) is 0.0690. The van der Waals surface area contributed by atoms with Crippen LogP contribution in [0, 0.1) is 0 Å². The van der Waals surface area contributed by atoms with Gasteiger partial charge in [-0.05, 0) is 30.2 Å². The normalized spacial score (nSPS) is 10.6. The molecule has 3 aromatic heterocycles. The number of nitrogen functional groups attached to an aromatic ring is 1. The van der Waals surface area contributed by atoms with Gasteiger partial charge in [0.2, 0.25) is 0 Å². The Bertz CT molecular complexity index is 1500. The smallest absolute Gasteiger partial charge is 0.165 e. The number of aromatic nitrogens is 4. The first-order valence-corrected chi connectivity index (χ1v) is 10.6. The zero-order valence-corrected chi connectivity index (χ0v) is 18.4. The van der Waals surface area contributed by atoms with Gasteiger partial charge in [-0.25, -0.2) is 4.98 Å². The van der Waals surface area contributed by atoms with Gasteiger partial charge in [0.25, 0.3) is 0 Å².